The summed E-state index contributed by atoms with van der Waals surface area (Å²) in [5.74, 6) is -0.231. The van der Waals surface area contributed by atoms with E-state index in [1.807, 2.05) is 12.2 Å². The van der Waals surface area contributed by atoms with E-state index in [2.05, 4.69) is 20.3 Å². The highest BCUT2D eigenvalue weighted by molar-refractivity contribution is 5.48. The number of aliphatic hydroxyl groups is 1. The lowest BCUT2D eigenvalue weighted by Gasteiger charge is -2.37. The number of nitrogens with zero attached hydrogens (tertiary/aromatic N) is 3. The zero-order valence-electron chi connectivity index (χ0n) is 12.2. The van der Waals surface area contributed by atoms with Gasteiger partial charge in [-0.1, -0.05) is 24.3 Å². The van der Waals surface area contributed by atoms with Crippen molar-refractivity contribution >= 4 is 6.08 Å². The highest BCUT2D eigenvalue weighted by Gasteiger charge is 2.36. The summed E-state index contributed by atoms with van der Waals surface area (Å²) in [4.78, 5) is 2.18. The number of piperidine rings is 1. The number of hydrogen-bond acceptors (Lipinski definition) is 4. The van der Waals surface area contributed by atoms with Crippen LogP contribution in [0.2, 0.25) is 0 Å². The maximum absolute atomic E-state index is 12.8. The van der Waals surface area contributed by atoms with Crippen LogP contribution in [0.3, 0.4) is 0 Å². The zero-order valence-corrected chi connectivity index (χ0v) is 12.2. The van der Waals surface area contributed by atoms with Gasteiger partial charge in [0.05, 0.1) is 6.20 Å². The number of halogens is 1. The molecule has 1 aromatic heterocycles. The van der Waals surface area contributed by atoms with Crippen molar-refractivity contribution in [3.8, 4) is 0 Å². The number of benzene rings is 1. The summed E-state index contributed by atoms with van der Waals surface area (Å²) in [6.07, 6.45) is 7.17. The maximum Gasteiger partial charge on any atom is 0.123 e. The SMILES string of the molecule is OC1(c2cn[nH]n2)CCCN(C/C=C/c2ccc(F)cc2)C1. The molecule has 1 aliphatic heterocycles. The molecule has 1 unspecified atom stereocenters. The molecule has 2 heterocycles. The van der Waals surface area contributed by atoms with E-state index in [-0.39, 0.29) is 5.82 Å². The summed E-state index contributed by atoms with van der Waals surface area (Å²) < 4.78 is 12.8. The topological polar surface area (TPSA) is 65.0 Å². The van der Waals surface area contributed by atoms with Gasteiger partial charge in [-0.2, -0.15) is 15.4 Å². The van der Waals surface area contributed by atoms with Crippen molar-refractivity contribution < 1.29 is 9.50 Å². The normalized spacial score (nSPS) is 23.2. The molecular formula is C16H19FN4O. The van der Waals surface area contributed by atoms with Gasteiger partial charge in [0.25, 0.3) is 0 Å². The zero-order chi connectivity index (χ0) is 15.4. The van der Waals surface area contributed by atoms with Crippen molar-refractivity contribution in [2.24, 2.45) is 0 Å². The number of nitrogens with one attached hydrogen (secondary N) is 1. The van der Waals surface area contributed by atoms with E-state index in [9.17, 15) is 9.50 Å². The number of aromatic amines is 1. The fraction of sp³-hybridized carbons (Fsp3) is 0.375. The first-order valence-corrected chi connectivity index (χ1v) is 7.39. The third-order valence-electron chi connectivity index (χ3n) is 3.99. The summed E-state index contributed by atoms with van der Waals surface area (Å²) in [5.41, 5.74) is 0.625. The second-order valence-electron chi connectivity index (χ2n) is 5.68. The molecule has 116 valence electrons. The van der Waals surface area contributed by atoms with Crippen molar-refractivity contribution in [1.29, 1.82) is 0 Å². The van der Waals surface area contributed by atoms with E-state index in [0.717, 1.165) is 25.1 Å². The Labute approximate surface area is 128 Å². The third-order valence-corrected chi connectivity index (χ3v) is 3.99. The van der Waals surface area contributed by atoms with Crippen LogP contribution in [0.15, 0.2) is 36.5 Å². The molecule has 2 N–H and O–H groups in total. The molecule has 1 saturated heterocycles. The highest BCUT2D eigenvalue weighted by atomic mass is 19.1. The first-order valence-electron chi connectivity index (χ1n) is 7.39. The van der Waals surface area contributed by atoms with Crippen LogP contribution < -0.4 is 0 Å². The fourth-order valence-corrected chi connectivity index (χ4v) is 2.83. The molecule has 1 aliphatic rings. The van der Waals surface area contributed by atoms with Gasteiger partial charge in [0, 0.05) is 13.1 Å². The lowest BCUT2D eigenvalue weighted by atomic mass is 9.90. The van der Waals surface area contributed by atoms with Crippen molar-refractivity contribution in [2.45, 2.75) is 18.4 Å². The molecule has 0 aliphatic carbocycles. The fourth-order valence-electron chi connectivity index (χ4n) is 2.83. The van der Waals surface area contributed by atoms with Crippen molar-refractivity contribution in [3.05, 3.63) is 53.6 Å². The standard InChI is InChI=1S/C16H19FN4O/c17-14-6-4-13(5-7-14)3-1-9-21-10-2-8-16(22,12-21)15-11-18-20-19-15/h1,3-7,11,22H,2,8-10,12H2,(H,18,19,20)/b3-1+. The van der Waals surface area contributed by atoms with Crippen LogP contribution in [-0.2, 0) is 5.60 Å². The quantitative estimate of drug-likeness (QED) is 0.906. The second kappa shape index (κ2) is 6.37. The number of H-pyrrole nitrogens is 1. The van der Waals surface area contributed by atoms with E-state index < -0.39 is 5.60 Å². The Balaban J connectivity index is 1.60. The van der Waals surface area contributed by atoms with Crippen LogP contribution in [-0.4, -0.2) is 45.1 Å². The molecule has 0 amide bonds. The lowest BCUT2D eigenvalue weighted by molar-refractivity contribution is -0.0355. The van der Waals surface area contributed by atoms with Gasteiger partial charge < -0.3 is 5.11 Å². The van der Waals surface area contributed by atoms with Crippen molar-refractivity contribution in [3.63, 3.8) is 0 Å². The van der Waals surface area contributed by atoms with Crippen LogP contribution in [0.25, 0.3) is 6.08 Å². The third kappa shape index (κ3) is 3.40. The van der Waals surface area contributed by atoms with Crippen LogP contribution in [0.5, 0.6) is 0 Å². The van der Waals surface area contributed by atoms with E-state index in [0.29, 0.717) is 18.7 Å². The van der Waals surface area contributed by atoms with E-state index >= 15 is 0 Å². The van der Waals surface area contributed by atoms with Crippen molar-refractivity contribution in [1.82, 2.24) is 20.3 Å². The Morgan fingerprint density at radius 1 is 1.36 bits per heavy atom. The molecule has 22 heavy (non-hydrogen) atoms. The van der Waals surface area contributed by atoms with Gasteiger partial charge >= 0.3 is 0 Å². The Bertz CT molecular complexity index is 626. The van der Waals surface area contributed by atoms with Gasteiger partial charge in [-0.15, -0.1) is 0 Å². The van der Waals surface area contributed by atoms with Gasteiger partial charge in [-0.05, 0) is 37.1 Å². The Hall–Kier alpha value is -2.05. The van der Waals surface area contributed by atoms with Crippen molar-refractivity contribution in [2.75, 3.05) is 19.6 Å². The van der Waals surface area contributed by atoms with E-state index in [1.54, 1.807) is 18.3 Å². The summed E-state index contributed by atoms with van der Waals surface area (Å²) in [6, 6.07) is 6.38. The molecule has 0 bridgehead atoms. The Kier molecular flexibility index (Phi) is 4.31. The molecule has 0 spiro atoms. The van der Waals surface area contributed by atoms with E-state index in [1.165, 1.54) is 12.1 Å². The minimum absolute atomic E-state index is 0.231. The number of β-amino-alcohol motifs (C(OH)–C–C–N with tert-alkyl or cyclic N) is 1. The number of hydrogen-bond donors (Lipinski definition) is 2. The van der Waals surface area contributed by atoms with Crippen LogP contribution in [0, 0.1) is 5.82 Å². The summed E-state index contributed by atoms with van der Waals surface area (Å²) in [5, 5.41) is 21.1. The summed E-state index contributed by atoms with van der Waals surface area (Å²) >= 11 is 0. The number of likely N-dealkylation sites (tertiary alicyclic amines) is 1. The Morgan fingerprint density at radius 3 is 2.91 bits per heavy atom. The Morgan fingerprint density at radius 2 is 2.18 bits per heavy atom. The summed E-state index contributed by atoms with van der Waals surface area (Å²) in [7, 11) is 0. The predicted molar refractivity (Wildman–Crippen MR) is 81.4 cm³/mol. The molecular weight excluding hydrogens is 283 g/mol. The molecule has 6 heteroatoms. The van der Waals surface area contributed by atoms with Gasteiger partial charge in [0.2, 0.25) is 0 Å². The second-order valence-corrected chi connectivity index (χ2v) is 5.68. The lowest BCUT2D eigenvalue weighted by Crippen LogP contribution is -2.46. The molecule has 0 saturated carbocycles. The van der Waals surface area contributed by atoms with E-state index in [4.69, 9.17) is 0 Å². The van der Waals surface area contributed by atoms with Gasteiger partial charge in [0.15, 0.2) is 0 Å². The molecule has 0 radical (unpaired) electrons. The van der Waals surface area contributed by atoms with Crippen LogP contribution in [0.1, 0.15) is 24.1 Å². The molecule has 1 atom stereocenters. The van der Waals surface area contributed by atoms with Gasteiger partial charge in [0.1, 0.15) is 17.1 Å². The molecule has 1 fully saturated rings. The van der Waals surface area contributed by atoms with Gasteiger partial charge in [-0.25, -0.2) is 4.39 Å². The minimum atomic E-state index is -0.936. The molecule has 5 nitrogen and oxygen atoms in total. The number of aromatic nitrogens is 3. The van der Waals surface area contributed by atoms with Gasteiger partial charge in [-0.3, -0.25) is 4.90 Å². The van der Waals surface area contributed by atoms with Crippen LogP contribution >= 0.6 is 0 Å². The predicted octanol–water partition coefficient (Wildman–Crippen LogP) is 1.94. The highest BCUT2D eigenvalue weighted by Crippen LogP contribution is 2.29. The minimum Gasteiger partial charge on any atom is -0.382 e. The largest absolute Gasteiger partial charge is 0.382 e. The monoisotopic (exact) mass is 302 g/mol. The number of rotatable bonds is 4. The average Bonchev–Trinajstić information content (AvgIpc) is 3.05. The summed E-state index contributed by atoms with van der Waals surface area (Å²) in [6.45, 7) is 2.21. The molecule has 2 aromatic rings. The van der Waals surface area contributed by atoms with Crippen LogP contribution in [0.4, 0.5) is 4.39 Å². The molecule has 1 aromatic carbocycles. The first-order chi connectivity index (χ1) is 10.7. The molecule has 3 rings (SSSR count). The first kappa shape index (κ1) is 14.9. The average molecular weight is 302 g/mol. The smallest absolute Gasteiger partial charge is 0.123 e. The maximum atomic E-state index is 12.8.